The molecule has 0 spiro atoms. The minimum absolute atomic E-state index is 0.727. The van der Waals surface area contributed by atoms with E-state index < -0.39 is 0 Å². The maximum Gasteiger partial charge on any atom is 0.156 e. The van der Waals surface area contributed by atoms with Gasteiger partial charge in [-0.25, -0.2) is 0 Å². The van der Waals surface area contributed by atoms with E-state index in [2.05, 4.69) is 77.0 Å². The Morgan fingerprint density at radius 1 is 0.704 bits per heavy atom. The normalized spacial score (nSPS) is 10.9. The van der Waals surface area contributed by atoms with Gasteiger partial charge in [0.05, 0.1) is 0 Å². The number of fused-ring (bicyclic) bond motifs is 1. The van der Waals surface area contributed by atoms with Gasteiger partial charge < -0.3 is 5.32 Å². The van der Waals surface area contributed by atoms with Gasteiger partial charge in [-0.05, 0) is 17.5 Å². The van der Waals surface area contributed by atoms with Gasteiger partial charge in [0.2, 0.25) is 0 Å². The van der Waals surface area contributed by atoms with Crippen molar-refractivity contribution in [3.8, 4) is 11.3 Å². The highest BCUT2D eigenvalue weighted by Crippen LogP contribution is 2.30. The molecule has 134 valence electrons. The van der Waals surface area contributed by atoms with E-state index in [0.29, 0.717) is 0 Å². The van der Waals surface area contributed by atoms with Crippen molar-refractivity contribution in [2.75, 3.05) is 5.32 Å². The van der Waals surface area contributed by atoms with Crippen molar-refractivity contribution in [3.63, 3.8) is 0 Å². The lowest BCUT2D eigenvalue weighted by Gasteiger charge is -2.11. The maximum absolute atomic E-state index is 4.55. The molecule has 0 atom stereocenters. The number of benzene rings is 3. The summed E-state index contributed by atoms with van der Waals surface area (Å²) in [7, 11) is 0. The van der Waals surface area contributed by atoms with Gasteiger partial charge in [-0.1, -0.05) is 92.2 Å². The van der Waals surface area contributed by atoms with Crippen LogP contribution in [0.1, 0.15) is 24.5 Å². The highest BCUT2D eigenvalue weighted by atomic mass is 15.2. The summed E-state index contributed by atoms with van der Waals surface area (Å²) in [5.41, 5.74) is 4.62. The molecule has 0 bridgehead atoms. The number of hydrogen-bond acceptors (Lipinski definition) is 3. The van der Waals surface area contributed by atoms with E-state index in [1.54, 1.807) is 0 Å². The first-order chi connectivity index (χ1) is 13.3. The van der Waals surface area contributed by atoms with Gasteiger partial charge >= 0.3 is 0 Å². The summed E-state index contributed by atoms with van der Waals surface area (Å²) in [5.74, 6) is 0.820. The third-order valence-corrected chi connectivity index (χ3v) is 4.76. The van der Waals surface area contributed by atoms with Crippen molar-refractivity contribution in [1.82, 2.24) is 10.2 Å². The van der Waals surface area contributed by atoms with Crippen LogP contribution in [0.25, 0.3) is 22.0 Å². The maximum atomic E-state index is 4.55. The van der Waals surface area contributed by atoms with E-state index in [1.165, 1.54) is 11.1 Å². The molecule has 0 unspecified atom stereocenters. The molecule has 3 heteroatoms. The minimum atomic E-state index is 0.727. The first-order valence-electron chi connectivity index (χ1n) is 9.47. The van der Waals surface area contributed by atoms with Crippen LogP contribution in [0.15, 0.2) is 78.9 Å². The molecule has 0 aliphatic carbocycles. The van der Waals surface area contributed by atoms with E-state index in [-0.39, 0.29) is 0 Å². The molecule has 0 aliphatic heterocycles. The Balaban J connectivity index is 1.67. The monoisotopic (exact) mass is 353 g/mol. The van der Waals surface area contributed by atoms with Crippen LogP contribution in [0.2, 0.25) is 0 Å². The van der Waals surface area contributed by atoms with Crippen molar-refractivity contribution < 1.29 is 0 Å². The van der Waals surface area contributed by atoms with Gasteiger partial charge in [0.15, 0.2) is 5.82 Å². The third-order valence-electron chi connectivity index (χ3n) is 4.76. The average molecular weight is 353 g/mol. The summed E-state index contributed by atoms with van der Waals surface area (Å²) >= 11 is 0. The first kappa shape index (κ1) is 17.2. The summed E-state index contributed by atoms with van der Waals surface area (Å²) in [6.07, 6.45) is 2.26. The molecule has 27 heavy (non-hydrogen) atoms. The predicted molar refractivity (Wildman–Crippen MR) is 113 cm³/mol. The van der Waals surface area contributed by atoms with E-state index >= 15 is 0 Å². The van der Waals surface area contributed by atoms with Crippen LogP contribution in [0, 0.1) is 0 Å². The fourth-order valence-electron chi connectivity index (χ4n) is 3.35. The molecule has 0 radical (unpaired) electrons. The standard InChI is InChI=1S/C24H23N3/c1-2-8-18-13-15-20(16-14-18)23-21-11-6-7-12-22(21)24(27-26-23)25-17-19-9-4-3-5-10-19/h3-7,9-16H,2,8,17H2,1H3,(H,25,27). The molecule has 0 aliphatic rings. The average Bonchev–Trinajstić information content (AvgIpc) is 2.74. The second kappa shape index (κ2) is 8.00. The molecule has 3 nitrogen and oxygen atoms in total. The van der Waals surface area contributed by atoms with Crippen molar-refractivity contribution >= 4 is 16.6 Å². The Morgan fingerprint density at radius 3 is 2.15 bits per heavy atom. The van der Waals surface area contributed by atoms with Gasteiger partial charge in [0, 0.05) is 22.9 Å². The SMILES string of the molecule is CCCc1ccc(-c2nnc(NCc3ccccc3)c3ccccc23)cc1. The molecule has 1 heterocycles. The smallest absolute Gasteiger partial charge is 0.156 e. The number of hydrogen-bond donors (Lipinski definition) is 1. The fraction of sp³-hybridized carbons (Fsp3) is 0.167. The highest BCUT2D eigenvalue weighted by Gasteiger charge is 2.10. The predicted octanol–water partition coefficient (Wildman–Crippen LogP) is 5.86. The zero-order chi connectivity index (χ0) is 18.5. The lowest BCUT2D eigenvalue weighted by atomic mass is 10.0. The topological polar surface area (TPSA) is 37.8 Å². The van der Waals surface area contributed by atoms with Crippen LogP contribution in [0.3, 0.4) is 0 Å². The number of nitrogens with one attached hydrogen (secondary N) is 1. The van der Waals surface area contributed by atoms with E-state index in [0.717, 1.165) is 47.2 Å². The van der Waals surface area contributed by atoms with Crippen LogP contribution in [0.5, 0.6) is 0 Å². The Morgan fingerprint density at radius 2 is 1.41 bits per heavy atom. The zero-order valence-electron chi connectivity index (χ0n) is 15.5. The van der Waals surface area contributed by atoms with E-state index in [4.69, 9.17) is 0 Å². The molecular formula is C24H23N3. The molecule has 0 fully saturated rings. The molecular weight excluding hydrogens is 330 g/mol. The van der Waals surface area contributed by atoms with Crippen LogP contribution in [0.4, 0.5) is 5.82 Å². The largest absolute Gasteiger partial charge is 0.364 e. The summed E-state index contributed by atoms with van der Waals surface area (Å²) in [4.78, 5) is 0. The minimum Gasteiger partial charge on any atom is -0.364 e. The van der Waals surface area contributed by atoms with Gasteiger partial charge in [-0.2, -0.15) is 0 Å². The van der Waals surface area contributed by atoms with Crippen molar-refractivity contribution in [2.45, 2.75) is 26.3 Å². The molecule has 4 aromatic rings. The molecule has 1 aromatic heterocycles. The van der Waals surface area contributed by atoms with E-state index in [9.17, 15) is 0 Å². The Labute approximate surface area is 160 Å². The van der Waals surface area contributed by atoms with Crippen LogP contribution in [-0.4, -0.2) is 10.2 Å². The first-order valence-corrected chi connectivity index (χ1v) is 9.47. The van der Waals surface area contributed by atoms with Crippen molar-refractivity contribution in [2.24, 2.45) is 0 Å². The number of anilines is 1. The number of nitrogens with zero attached hydrogens (tertiary/aromatic N) is 2. The molecule has 1 N–H and O–H groups in total. The second-order valence-corrected chi connectivity index (χ2v) is 6.73. The summed E-state index contributed by atoms with van der Waals surface area (Å²) < 4.78 is 0. The lowest BCUT2D eigenvalue weighted by molar-refractivity contribution is 0.922. The molecule has 0 saturated carbocycles. The highest BCUT2D eigenvalue weighted by molar-refractivity contribution is 6.00. The van der Waals surface area contributed by atoms with Gasteiger partial charge in [0.1, 0.15) is 5.69 Å². The van der Waals surface area contributed by atoms with Crippen molar-refractivity contribution in [1.29, 1.82) is 0 Å². The summed E-state index contributed by atoms with van der Waals surface area (Å²) in [6.45, 7) is 2.93. The number of rotatable bonds is 6. The lowest BCUT2D eigenvalue weighted by Crippen LogP contribution is -2.04. The van der Waals surface area contributed by atoms with Crippen LogP contribution < -0.4 is 5.32 Å². The summed E-state index contributed by atoms with van der Waals surface area (Å²) in [6, 6.07) is 27.3. The molecule has 4 rings (SSSR count). The van der Waals surface area contributed by atoms with Gasteiger partial charge in [-0.3, -0.25) is 0 Å². The van der Waals surface area contributed by atoms with E-state index in [1.807, 2.05) is 24.3 Å². The number of aromatic nitrogens is 2. The van der Waals surface area contributed by atoms with Crippen LogP contribution >= 0.6 is 0 Å². The molecule has 0 amide bonds. The summed E-state index contributed by atoms with van der Waals surface area (Å²) in [5, 5.41) is 14.7. The Hall–Kier alpha value is -3.20. The van der Waals surface area contributed by atoms with Gasteiger partial charge in [0.25, 0.3) is 0 Å². The molecule has 0 saturated heterocycles. The quantitative estimate of drug-likeness (QED) is 0.472. The van der Waals surface area contributed by atoms with Crippen LogP contribution in [-0.2, 0) is 13.0 Å². The zero-order valence-corrected chi connectivity index (χ0v) is 15.5. The Kier molecular flexibility index (Phi) is 5.10. The molecule has 3 aromatic carbocycles. The van der Waals surface area contributed by atoms with Gasteiger partial charge in [-0.15, -0.1) is 10.2 Å². The number of aryl methyl sites for hydroxylation is 1. The fourth-order valence-corrected chi connectivity index (χ4v) is 3.35. The second-order valence-electron chi connectivity index (χ2n) is 6.73. The Bertz CT molecular complexity index is 1020. The van der Waals surface area contributed by atoms with Crippen molar-refractivity contribution in [3.05, 3.63) is 90.0 Å². The third kappa shape index (κ3) is 3.82.